The molecule has 1 aliphatic rings. The van der Waals surface area contributed by atoms with E-state index in [4.69, 9.17) is 21.1 Å². The first-order valence-corrected chi connectivity index (χ1v) is 12.3. The highest BCUT2D eigenvalue weighted by Gasteiger charge is 2.37. The maximum atomic E-state index is 13.4. The number of benzene rings is 3. The zero-order valence-electron chi connectivity index (χ0n) is 20.7. The number of rotatable bonds is 7. The van der Waals surface area contributed by atoms with Gasteiger partial charge in [-0.05, 0) is 61.0 Å². The maximum absolute atomic E-state index is 13.4. The molecule has 0 aliphatic carbocycles. The normalized spacial score (nSPS) is 14.8. The molecule has 1 aliphatic heterocycles. The van der Waals surface area contributed by atoms with Gasteiger partial charge in [-0.15, -0.1) is 0 Å². The van der Waals surface area contributed by atoms with Crippen molar-refractivity contribution in [3.63, 3.8) is 0 Å². The first kappa shape index (κ1) is 25.1. The van der Waals surface area contributed by atoms with Gasteiger partial charge in [0.15, 0.2) is 0 Å². The van der Waals surface area contributed by atoms with Crippen LogP contribution < -0.4 is 19.7 Å². The van der Waals surface area contributed by atoms with Gasteiger partial charge >= 0.3 is 6.03 Å². The van der Waals surface area contributed by atoms with Crippen LogP contribution in [0.3, 0.4) is 0 Å². The fraction of sp³-hybridized carbons (Fsp3) is 0.138. The van der Waals surface area contributed by atoms with Crippen molar-refractivity contribution in [2.75, 3.05) is 18.6 Å². The number of nitrogens with one attached hydrogen (secondary N) is 1. The van der Waals surface area contributed by atoms with E-state index in [1.807, 2.05) is 66.2 Å². The molecule has 3 aromatic carbocycles. The maximum Gasteiger partial charge on any atom is 0.335 e. The van der Waals surface area contributed by atoms with Crippen LogP contribution in [0.4, 0.5) is 10.5 Å². The van der Waals surface area contributed by atoms with Crippen LogP contribution in [0.25, 0.3) is 17.0 Å². The summed E-state index contributed by atoms with van der Waals surface area (Å²) < 4.78 is 13.1. The molecule has 5 rings (SSSR count). The summed E-state index contributed by atoms with van der Waals surface area (Å²) >= 11 is 6.22. The predicted octanol–water partition coefficient (Wildman–Crippen LogP) is 5.36. The molecule has 0 atom stereocenters. The van der Waals surface area contributed by atoms with Crippen LogP contribution in [0.1, 0.15) is 11.1 Å². The number of barbiturate groups is 1. The monoisotopic (exact) mass is 529 g/mol. The van der Waals surface area contributed by atoms with Gasteiger partial charge in [0, 0.05) is 27.7 Å². The second-order valence-corrected chi connectivity index (χ2v) is 9.12. The Morgan fingerprint density at radius 3 is 2.45 bits per heavy atom. The molecular weight excluding hydrogens is 506 g/mol. The van der Waals surface area contributed by atoms with E-state index >= 15 is 0 Å². The number of hydrogen-bond donors (Lipinski definition) is 1. The number of carbonyl (C=O) groups excluding carboxylic acids is 3. The Hall–Kier alpha value is -4.56. The largest absolute Gasteiger partial charge is 0.497 e. The van der Waals surface area contributed by atoms with E-state index in [1.54, 1.807) is 19.2 Å². The molecule has 0 bridgehead atoms. The van der Waals surface area contributed by atoms with Crippen molar-refractivity contribution in [1.82, 2.24) is 9.88 Å². The van der Waals surface area contributed by atoms with Crippen LogP contribution in [0.15, 0.2) is 78.5 Å². The van der Waals surface area contributed by atoms with Gasteiger partial charge in [0.05, 0.1) is 19.3 Å². The van der Waals surface area contributed by atoms with Crippen molar-refractivity contribution in [1.29, 1.82) is 0 Å². The third-order valence-electron chi connectivity index (χ3n) is 6.29. The molecule has 8 nitrogen and oxygen atoms in total. The number of aromatic nitrogens is 1. The summed E-state index contributed by atoms with van der Waals surface area (Å²) in [5.41, 5.74) is 2.51. The average molecular weight is 530 g/mol. The summed E-state index contributed by atoms with van der Waals surface area (Å²) in [7, 11) is 1.61. The van der Waals surface area contributed by atoms with Crippen molar-refractivity contribution < 1.29 is 23.9 Å². The fourth-order valence-corrected chi connectivity index (χ4v) is 4.45. The quantitative estimate of drug-likeness (QED) is 0.257. The summed E-state index contributed by atoms with van der Waals surface area (Å²) in [6.07, 6.45) is 3.37. The minimum atomic E-state index is -0.824. The van der Waals surface area contributed by atoms with Crippen molar-refractivity contribution in [3.05, 3.63) is 94.6 Å². The van der Waals surface area contributed by atoms with E-state index in [9.17, 15) is 14.4 Å². The molecule has 38 heavy (non-hydrogen) atoms. The Labute approximate surface area is 224 Å². The standard InChI is InChI=1S/C29H24ClN3O5/c1-18-7-8-20(16-25(18)30)33-28(35)24(27(34)31-29(33)36)15-19-17-32(26-6-4-3-5-23(19)26)13-14-38-22-11-9-21(37-2)10-12-22/h3-12,15-17H,13-14H2,1-2H3,(H,31,34,36). The molecule has 0 radical (unpaired) electrons. The lowest BCUT2D eigenvalue weighted by molar-refractivity contribution is -0.122. The van der Waals surface area contributed by atoms with E-state index in [2.05, 4.69) is 5.32 Å². The molecule has 192 valence electrons. The molecule has 1 saturated heterocycles. The highest BCUT2D eigenvalue weighted by molar-refractivity contribution is 6.39. The second-order valence-electron chi connectivity index (χ2n) is 8.71. The number of ether oxygens (including phenoxy) is 2. The van der Waals surface area contributed by atoms with Crippen LogP contribution in [0.2, 0.25) is 5.02 Å². The minimum absolute atomic E-state index is 0.154. The smallest absolute Gasteiger partial charge is 0.335 e. The molecule has 1 N–H and O–H groups in total. The van der Waals surface area contributed by atoms with E-state index in [0.29, 0.717) is 23.7 Å². The summed E-state index contributed by atoms with van der Waals surface area (Å²) in [6.45, 7) is 2.75. The van der Waals surface area contributed by atoms with E-state index in [-0.39, 0.29) is 11.3 Å². The number of anilines is 1. The number of fused-ring (bicyclic) bond motifs is 1. The third kappa shape index (κ3) is 4.86. The number of aryl methyl sites for hydroxylation is 1. The van der Waals surface area contributed by atoms with E-state index in [1.165, 1.54) is 12.1 Å². The number of amides is 4. The van der Waals surface area contributed by atoms with E-state index < -0.39 is 17.8 Å². The first-order valence-electron chi connectivity index (χ1n) is 11.9. The van der Waals surface area contributed by atoms with Gasteiger partial charge in [-0.1, -0.05) is 35.9 Å². The molecule has 9 heteroatoms. The summed E-state index contributed by atoms with van der Waals surface area (Å²) in [5.74, 6) is -0.0130. The topological polar surface area (TPSA) is 89.9 Å². The fourth-order valence-electron chi connectivity index (χ4n) is 4.28. The molecule has 4 aromatic rings. The Kier molecular flexibility index (Phi) is 6.89. The Balaban J connectivity index is 1.43. The van der Waals surface area contributed by atoms with Gasteiger partial charge in [0.25, 0.3) is 11.8 Å². The molecule has 0 unspecified atom stereocenters. The van der Waals surface area contributed by atoms with E-state index in [0.717, 1.165) is 32.9 Å². The highest BCUT2D eigenvalue weighted by atomic mass is 35.5. The molecule has 0 saturated carbocycles. The van der Waals surface area contributed by atoms with Gasteiger partial charge in [0.1, 0.15) is 23.7 Å². The molecule has 1 aromatic heterocycles. The minimum Gasteiger partial charge on any atom is -0.497 e. The molecule has 1 fully saturated rings. The molecule has 2 heterocycles. The van der Waals surface area contributed by atoms with Crippen molar-refractivity contribution in [2.24, 2.45) is 0 Å². The molecule has 4 amide bonds. The number of para-hydroxylation sites is 1. The molecule has 0 spiro atoms. The van der Waals surface area contributed by atoms with Crippen molar-refractivity contribution in [2.45, 2.75) is 13.5 Å². The predicted molar refractivity (Wildman–Crippen MR) is 146 cm³/mol. The SMILES string of the molecule is COc1ccc(OCCn2cc(C=C3C(=O)NC(=O)N(c4ccc(C)c(Cl)c4)C3=O)c3ccccc32)cc1. The second kappa shape index (κ2) is 10.4. The van der Waals surface area contributed by atoms with Crippen LogP contribution in [0.5, 0.6) is 11.5 Å². The van der Waals surface area contributed by atoms with Crippen molar-refractivity contribution >= 4 is 52.1 Å². The highest BCUT2D eigenvalue weighted by Crippen LogP contribution is 2.29. The van der Waals surface area contributed by atoms with Crippen LogP contribution in [-0.4, -0.2) is 36.1 Å². The van der Waals surface area contributed by atoms with Gasteiger partial charge < -0.3 is 14.0 Å². The number of halogens is 1. The van der Waals surface area contributed by atoms with Crippen LogP contribution in [-0.2, 0) is 16.1 Å². The molecular formula is C29H24ClN3O5. The summed E-state index contributed by atoms with van der Waals surface area (Å²) in [5, 5.41) is 3.52. The number of imide groups is 2. The number of nitrogens with zero attached hydrogens (tertiary/aromatic N) is 2. The zero-order valence-corrected chi connectivity index (χ0v) is 21.5. The lowest BCUT2D eigenvalue weighted by Crippen LogP contribution is -2.54. The lowest BCUT2D eigenvalue weighted by Gasteiger charge is -2.26. The van der Waals surface area contributed by atoms with Crippen molar-refractivity contribution in [3.8, 4) is 11.5 Å². The lowest BCUT2D eigenvalue weighted by atomic mass is 10.1. The number of urea groups is 1. The summed E-state index contributed by atoms with van der Waals surface area (Å²) in [4.78, 5) is 39.6. The van der Waals surface area contributed by atoms with Crippen LogP contribution in [0, 0.1) is 6.92 Å². The number of methoxy groups -OCH3 is 1. The van der Waals surface area contributed by atoms with Gasteiger partial charge in [-0.2, -0.15) is 0 Å². The number of carbonyl (C=O) groups is 3. The third-order valence-corrected chi connectivity index (χ3v) is 6.70. The Bertz CT molecular complexity index is 1590. The van der Waals surface area contributed by atoms with Gasteiger partial charge in [-0.25, -0.2) is 9.69 Å². The Morgan fingerprint density at radius 2 is 1.71 bits per heavy atom. The Morgan fingerprint density at radius 1 is 0.974 bits per heavy atom. The number of hydrogen-bond acceptors (Lipinski definition) is 5. The average Bonchev–Trinajstić information content (AvgIpc) is 3.26. The van der Waals surface area contributed by atoms with Gasteiger partial charge in [-0.3, -0.25) is 14.9 Å². The van der Waals surface area contributed by atoms with Crippen LogP contribution >= 0.6 is 11.6 Å². The summed E-state index contributed by atoms with van der Waals surface area (Å²) in [6, 6.07) is 19.0. The van der Waals surface area contributed by atoms with Gasteiger partial charge in [0.2, 0.25) is 0 Å². The first-order chi connectivity index (χ1) is 18.4. The zero-order chi connectivity index (χ0) is 26.8.